The molecule has 0 aliphatic carbocycles. The number of anilines is 1. The average Bonchev–Trinajstić information content (AvgIpc) is 2.48. The van der Waals surface area contributed by atoms with Gasteiger partial charge in [-0.2, -0.15) is 0 Å². The maximum Gasteiger partial charge on any atom is 0.272 e. The normalized spacial score (nSPS) is 10.2. The number of hydrogen-bond acceptors (Lipinski definition) is 3. The molecule has 104 valence electrons. The van der Waals surface area contributed by atoms with Gasteiger partial charge in [-0.1, -0.05) is 30.3 Å². The Bertz CT molecular complexity index is 552. The molecule has 1 amide bonds. The van der Waals surface area contributed by atoms with Gasteiger partial charge in [0.1, 0.15) is 5.69 Å². The SMILES string of the molecule is CN(CCCc1ccccc1)C(=O)c1ccc(N)cn1. The fourth-order valence-corrected chi connectivity index (χ4v) is 1.99. The molecule has 0 fully saturated rings. The van der Waals surface area contributed by atoms with E-state index in [4.69, 9.17) is 5.73 Å². The second kappa shape index (κ2) is 6.70. The van der Waals surface area contributed by atoms with E-state index in [1.165, 1.54) is 11.8 Å². The minimum atomic E-state index is -0.0712. The molecule has 0 radical (unpaired) electrons. The third-order valence-electron chi connectivity index (χ3n) is 3.15. The van der Waals surface area contributed by atoms with Gasteiger partial charge in [0.05, 0.1) is 11.9 Å². The first kappa shape index (κ1) is 14.1. The zero-order valence-electron chi connectivity index (χ0n) is 11.6. The molecule has 4 heteroatoms. The van der Waals surface area contributed by atoms with E-state index in [0.717, 1.165) is 12.8 Å². The molecule has 0 aliphatic heterocycles. The number of aryl methyl sites for hydroxylation is 1. The van der Waals surface area contributed by atoms with Crippen LogP contribution in [0.3, 0.4) is 0 Å². The molecular weight excluding hydrogens is 250 g/mol. The van der Waals surface area contributed by atoms with Crippen molar-refractivity contribution in [3.63, 3.8) is 0 Å². The third kappa shape index (κ3) is 3.82. The standard InChI is InChI=1S/C16H19N3O/c1-19(11-5-8-13-6-3-2-4-7-13)16(20)15-10-9-14(17)12-18-15/h2-4,6-7,9-10,12H,5,8,11,17H2,1H3. The van der Waals surface area contributed by atoms with Crippen LogP contribution in [0.4, 0.5) is 5.69 Å². The van der Waals surface area contributed by atoms with E-state index >= 15 is 0 Å². The fourth-order valence-electron chi connectivity index (χ4n) is 1.99. The van der Waals surface area contributed by atoms with Crippen LogP contribution in [-0.4, -0.2) is 29.4 Å². The van der Waals surface area contributed by atoms with E-state index < -0.39 is 0 Å². The molecule has 2 N–H and O–H groups in total. The number of rotatable bonds is 5. The smallest absolute Gasteiger partial charge is 0.272 e. The highest BCUT2D eigenvalue weighted by Gasteiger charge is 2.12. The van der Waals surface area contributed by atoms with Crippen molar-refractivity contribution in [2.24, 2.45) is 0 Å². The lowest BCUT2D eigenvalue weighted by Gasteiger charge is -2.16. The first-order valence-electron chi connectivity index (χ1n) is 6.68. The maximum absolute atomic E-state index is 12.1. The van der Waals surface area contributed by atoms with Crippen LogP contribution >= 0.6 is 0 Å². The number of carbonyl (C=O) groups excluding carboxylic acids is 1. The number of nitrogens with two attached hydrogens (primary N) is 1. The van der Waals surface area contributed by atoms with Crippen molar-refractivity contribution in [3.05, 3.63) is 59.9 Å². The van der Waals surface area contributed by atoms with Gasteiger partial charge in [0.25, 0.3) is 5.91 Å². The lowest BCUT2D eigenvalue weighted by atomic mass is 10.1. The summed E-state index contributed by atoms with van der Waals surface area (Å²) in [5, 5.41) is 0. The monoisotopic (exact) mass is 269 g/mol. The number of pyridine rings is 1. The van der Waals surface area contributed by atoms with Gasteiger partial charge < -0.3 is 10.6 Å². The molecule has 0 aliphatic rings. The molecule has 0 unspecified atom stereocenters. The number of nitrogens with zero attached hydrogens (tertiary/aromatic N) is 2. The van der Waals surface area contributed by atoms with Crippen molar-refractivity contribution < 1.29 is 4.79 Å². The molecule has 4 nitrogen and oxygen atoms in total. The second-order valence-electron chi connectivity index (χ2n) is 4.79. The number of amides is 1. The van der Waals surface area contributed by atoms with Crippen molar-refractivity contribution in [1.82, 2.24) is 9.88 Å². The fraction of sp³-hybridized carbons (Fsp3) is 0.250. The topological polar surface area (TPSA) is 59.2 Å². The van der Waals surface area contributed by atoms with E-state index in [0.29, 0.717) is 17.9 Å². The van der Waals surface area contributed by atoms with E-state index in [1.807, 2.05) is 18.2 Å². The Kier molecular flexibility index (Phi) is 4.71. The highest BCUT2D eigenvalue weighted by atomic mass is 16.2. The van der Waals surface area contributed by atoms with Gasteiger partial charge in [-0.15, -0.1) is 0 Å². The van der Waals surface area contributed by atoms with Crippen molar-refractivity contribution in [2.45, 2.75) is 12.8 Å². The summed E-state index contributed by atoms with van der Waals surface area (Å²) in [5.74, 6) is -0.0712. The van der Waals surface area contributed by atoms with Crippen LogP contribution in [0.2, 0.25) is 0 Å². The molecule has 1 aromatic carbocycles. The highest BCUT2D eigenvalue weighted by Crippen LogP contribution is 2.06. The van der Waals surface area contributed by atoms with E-state index in [9.17, 15) is 4.79 Å². The Labute approximate surface area is 119 Å². The molecule has 2 aromatic rings. The molecule has 0 spiro atoms. The van der Waals surface area contributed by atoms with Crippen LogP contribution in [0.15, 0.2) is 48.7 Å². The van der Waals surface area contributed by atoms with Crippen LogP contribution in [0.5, 0.6) is 0 Å². The zero-order chi connectivity index (χ0) is 14.4. The summed E-state index contributed by atoms with van der Waals surface area (Å²) < 4.78 is 0. The molecule has 1 aromatic heterocycles. The van der Waals surface area contributed by atoms with Crippen LogP contribution < -0.4 is 5.73 Å². The summed E-state index contributed by atoms with van der Waals surface area (Å²) in [7, 11) is 1.80. The third-order valence-corrected chi connectivity index (χ3v) is 3.15. The molecule has 0 atom stereocenters. The Morgan fingerprint density at radius 1 is 1.20 bits per heavy atom. The van der Waals surface area contributed by atoms with Crippen molar-refractivity contribution in [2.75, 3.05) is 19.3 Å². The molecule has 1 heterocycles. The van der Waals surface area contributed by atoms with Crippen LogP contribution in [0, 0.1) is 0 Å². The number of benzene rings is 1. The predicted molar refractivity (Wildman–Crippen MR) is 80.4 cm³/mol. The summed E-state index contributed by atoms with van der Waals surface area (Å²) in [6.45, 7) is 0.708. The maximum atomic E-state index is 12.1. The highest BCUT2D eigenvalue weighted by molar-refractivity contribution is 5.92. The molecule has 2 rings (SSSR count). The summed E-state index contributed by atoms with van der Waals surface area (Å²) in [6.07, 6.45) is 3.40. The Balaban J connectivity index is 1.84. The van der Waals surface area contributed by atoms with Gasteiger partial charge in [-0.3, -0.25) is 4.79 Å². The number of aromatic nitrogens is 1. The molecular formula is C16H19N3O. The molecule has 20 heavy (non-hydrogen) atoms. The van der Waals surface area contributed by atoms with Crippen LogP contribution in [0.25, 0.3) is 0 Å². The van der Waals surface area contributed by atoms with Crippen LogP contribution in [0.1, 0.15) is 22.5 Å². The lowest BCUT2D eigenvalue weighted by Crippen LogP contribution is -2.28. The molecule has 0 saturated carbocycles. The first-order chi connectivity index (χ1) is 9.66. The average molecular weight is 269 g/mol. The Morgan fingerprint density at radius 2 is 1.95 bits per heavy atom. The zero-order valence-corrected chi connectivity index (χ0v) is 11.6. The van der Waals surface area contributed by atoms with E-state index in [2.05, 4.69) is 17.1 Å². The van der Waals surface area contributed by atoms with E-state index in [-0.39, 0.29) is 5.91 Å². The number of nitrogen functional groups attached to an aromatic ring is 1. The minimum Gasteiger partial charge on any atom is -0.397 e. The van der Waals surface area contributed by atoms with Gasteiger partial charge in [-0.25, -0.2) is 4.98 Å². The summed E-state index contributed by atoms with van der Waals surface area (Å²) >= 11 is 0. The van der Waals surface area contributed by atoms with Gasteiger partial charge in [0.2, 0.25) is 0 Å². The second-order valence-corrected chi connectivity index (χ2v) is 4.79. The number of carbonyl (C=O) groups is 1. The Morgan fingerprint density at radius 3 is 2.60 bits per heavy atom. The van der Waals surface area contributed by atoms with Gasteiger partial charge in [0.15, 0.2) is 0 Å². The number of hydrogen-bond donors (Lipinski definition) is 1. The van der Waals surface area contributed by atoms with Crippen LogP contribution in [-0.2, 0) is 6.42 Å². The molecule has 0 saturated heterocycles. The lowest BCUT2D eigenvalue weighted by molar-refractivity contribution is 0.0788. The largest absolute Gasteiger partial charge is 0.397 e. The van der Waals surface area contributed by atoms with Crippen molar-refractivity contribution in [1.29, 1.82) is 0 Å². The van der Waals surface area contributed by atoms with Gasteiger partial charge >= 0.3 is 0 Å². The summed E-state index contributed by atoms with van der Waals surface area (Å²) in [5.41, 5.74) is 7.85. The van der Waals surface area contributed by atoms with Crippen molar-refractivity contribution >= 4 is 11.6 Å². The quantitative estimate of drug-likeness (QED) is 0.906. The van der Waals surface area contributed by atoms with Crippen molar-refractivity contribution in [3.8, 4) is 0 Å². The minimum absolute atomic E-state index is 0.0712. The predicted octanol–water partition coefficient (Wildman–Crippen LogP) is 2.37. The van der Waals surface area contributed by atoms with Gasteiger partial charge in [-0.05, 0) is 30.5 Å². The summed E-state index contributed by atoms with van der Waals surface area (Å²) in [6, 6.07) is 13.6. The Hall–Kier alpha value is -2.36. The molecule has 0 bridgehead atoms. The summed E-state index contributed by atoms with van der Waals surface area (Å²) in [4.78, 5) is 17.9. The van der Waals surface area contributed by atoms with E-state index in [1.54, 1.807) is 24.1 Å². The van der Waals surface area contributed by atoms with Gasteiger partial charge in [0, 0.05) is 13.6 Å². The first-order valence-corrected chi connectivity index (χ1v) is 6.68.